The van der Waals surface area contributed by atoms with Gasteiger partial charge in [0, 0.05) is 23.3 Å². The van der Waals surface area contributed by atoms with Gasteiger partial charge in [0.2, 0.25) is 17.7 Å². The number of ether oxygens (including phenoxy) is 3. The number of nitrogens with one attached hydrogen (secondary N) is 1. The summed E-state index contributed by atoms with van der Waals surface area (Å²) in [6.45, 7) is 14.9. The van der Waals surface area contributed by atoms with Crippen LogP contribution < -0.4 is 14.8 Å². The van der Waals surface area contributed by atoms with Gasteiger partial charge in [-0.05, 0) is 81.5 Å². The standard InChI is InChI=1S/C37H50ClN3O8S/c1-9-23-20-37(23,14-15-50(45,46)26-11-12-26)40-32(43)29-18-25(48-33-27-13-10-24(47-8)16-22(27)17-30(38)39-33)21-41(29)34(44)28(35(2,3)4)19-31(42)49-36(5,6)7/h9-10,13,16-17,23,25-26,28-29H,1,11-12,14-15,18-21H2,2-8H3,(H,40,43)/t23-,25-,28-,29+,37-/m1/s1. The molecule has 1 aromatic carbocycles. The van der Waals surface area contributed by atoms with Gasteiger partial charge in [0.15, 0.2) is 9.84 Å². The van der Waals surface area contributed by atoms with E-state index in [9.17, 15) is 22.8 Å². The van der Waals surface area contributed by atoms with Gasteiger partial charge < -0.3 is 24.4 Å². The highest BCUT2D eigenvalue weighted by Crippen LogP contribution is 2.48. The first-order valence-electron chi connectivity index (χ1n) is 17.2. The van der Waals surface area contributed by atoms with E-state index in [1.165, 1.54) is 4.90 Å². The molecule has 0 bridgehead atoms. The van der Waals surface area contributed by atoms with E-state index in [-0.39, 0.29) is 59.7 Å². The van der Waals surface area contributed by atoms with Gasteiger partial charge in [0.1, 0.15) is 28.6 Å². The van der Waals surface area contributed by atoms with Gasteiger partial charge in [0.25, 0.3) is 0 Å². The van der Waals surface area contributed by atoms with Crippen LogP contribution in [0.25, 0.3) is 10.8 Å². The third-order valence-corrected chi connectivity index (χ3v) is 12.3. The van der Waals surface area contributed by atoms with Crippen molar-refractivity contribution >= 4 is 50.0 Å². The minimum Gasteiger partial charge on any atom is -0.497 e. The number of aromatic nitrogens is 1. The van der Waals surface area contributed by atoms with E-state index in [2.05, 4.69) is 16.9 Å². The smallest absolute Gasteiger partial charge is 0.307 e. The van der Waals surface area contributed by atoms with Crippen molar-refractivity contribution in [1.29, 1.82) is 0 Å². The monoisotopic (exact) mass is 731 g/mol. The maximum absolute atomic E-state index is 14.5. The second-order valence-corrected chi connectivity index (χ2v) is 18.8. The summed E-state index contributed by atoms with van der Waals surface area (Å²) in [5.74, 6) is -1.31. The van der Waals surface area contributed by atoms with E-state index >= 15 is 0 Å². The number of hydrogen-bond donors (Lipinski definition) is 1. The number of amides is 2. The predicted molar refractivity (Wildman–Crippen MR) is 192 cm³/mol. The van der Waals surface area contributed by atoms with E-state index in [1.54, 1.807) is 46.1 Å². The quantitative estimate of drug-likeness (QED) is 0.157. The number of nitrogens with zero attached hydrogens (tertiary/aromatic N) is 2. The molecule has 11 nitrogen and oxygen atoms in total. The number of sulfone groups is 1. The molecule has 1 aromatic heterocycles. The van der Waals surface area contributed by atoms with E-state index in [1.807, 2.05) is 32.9 Å². The zero-order chi connectivity index (χ0) is 36.8. The maximum Gasteiger partial charge on any atom is 0.307 e. The molecule has 2 saturated carbocycles. The topological polar surface area (TPSA) is 141 Å². The molecule has 5 atom stereocenters. The first kappa shape index (κ1) is 37.9. The van der Waals surface area contributed by atoms with Gasteiger partial charge in [-0.1, -0.05) is 38.4 Å². The van der Waals surface area contributed by atoms with Crippen molar-refractivity contribution in [2.75, 3.05) is 19.4 Å². The van der Waals surface area contributed by atoms with E-state index < -0.39 is 56.3 Å². The molecular formula is C37H50ClN3O8S. The third kappa shape index (κ3) is 8.73. The molecule has 1 saturated heterocycles. The molecule has 3 aliphatic rings. The molecule has 1 N–H and O–H groups in total. The van der Waals surface area contributed by atoms with Crippen LogP contribution in [0.15, 0.2) is 36.9 Å². The Morgan fingerprint density at radius 1 is 1.16 bits per heavy atom. The van der Waals surface area contributed by atoms with Crippen molar-refractivity contribution < 1.29 is 37.0 Å². The highest BCUT2D eigenvalue weighted by atomic mass is 35.5. The van der Waals surface area contributed by atoms with Crippen LogP contribution in [0.4, 0.5) is 0 Å². The fourth-order valence-corrected chi connectivity index (χ4v) is 8.85. The molecule has 2 aliphatic carbocycles. The van der Waals surface area contributed by atoms with Crippen molar-refractivity contribution in [2.24, 2.45) is 17.3 Å². The van der Waals surface area contributed by atoms with Crippen LogP contribution in [-0.2, 0) is 29.0 Å². The van der Waals surface area contributed by atoms with Gasteiger partial charge in [0.05, 0.1) is 37.0 Å². The number of halogens is 1. The number of esters is 1. The zero-order valence-electron chi connectivity index (χ0n) is 30.1. The summed E-state index contributed by atoms with van der Waals surface area (Å²) in [5, 5.41) is 4.48. The van der Waals surface area contributed by atoms with Gasteiger partial charge in [-0.15, -0.1) is 6.58 Å². The van der Waals surface area contributed by atoms with Crippen molar-refractivity contribution in [3.05, 3.63) is 42.1 Å². The largest absolute Gasteiger partial charge is 0.497 e. The van der Waals surface area contributed by atoms with Crippen molar-refractivity contribution in [3.63, 3.8) is 0 Å². The van der Waals surface area contributed by atoms with E-state index in [0.29, 0.717) is 30.4 Å². The molecule has 1 aliphatic heterocycles. The normalized spacial score (nSPS) is 24.4. The average Bonchev–Trinajstić information content (AvgIpc) is 3.94. The van der Waals surface area contributed by atoms with Gasteiger partial charge in [-0.25, -0.2) is 13.4 Å². The second-order valence-electron chi connectivity index (χ2n) is 16.0. The zero-order valence-corrected chi connectivity index (χ0v) is 31.7. The molecule has 5 rings (SSSR count). The Morgan fingerprint density at radius 2 is 1.86 bits per heavy atom. The summed E-state index contributed by atoms with van der Waals surface area (Å²) in [4.78, 5) is 47.8. The molecule has 50 heavy (non-hydrogen) atoms. The molecule has 274 valence electrons. The van der Waals surface area contributed by atoms with E-state index in [4.69, 9.17) is 25.8 Å². The summed E-state index contributed by atoms with van der Waals surface area (Å²) >= 11 is 6.39. The van der Waals surface area contributed by atoms with Crippen LogP contribution >= 0.6 is 11.6 Å². The summed E-state index contributed by atoms with van der Waals surface area (Å²) < 4.78 is 43.0. The van der Waals surface area contributed by atoms with Crippen LogP contribution in [0.5, 0.6) is 11.6 Å². The Hall–Kier alpha value is -3.38. The van der Waals surface area contributed by atoms with Crippen LogP contribution in [-0.4, -0.2) is 84.0 Å². The first-order chi connectivity index (χ1) is 23.2. The Kier molecular flexibility index (Phi) is 10.6. The summed E-state index contributed by atoms with van der Waals surface area (Å²) in [5.41, 5.74) is -2.15. The minimum absolute atomic E-state index is 0.0262. The van der Waals surface area contributed by atoms with Gasteiger partial charge in [-0.2, -0.15) is 0 Å². The highest BCUT2D eigenvalue weighted by molar-refractivity contribution is 7.92. The number of benzene rings is 1. The lowest BCUT2D eigenvalue weighted by molar-refractivity contribution is -0.161. The van der Waals surface area contributed by atoms with Crippen LogP contribution in [0.3, 0.4) is 0 Å². The number of hydrogen-bond acceptors (Lipinski definition) is 9. The second kappa shape index (κ2) is 14.0. The lowest BCUT2D eigenvalue weighted by Crippen LogP contribution is -2.53. The molecule has 0 unspecified atom stereocenters. The number of pyridine rings is 1. The van der Waals surface area contributed by atoms with Crippen LogP contribution in [0.2, 0.25) is 5.15 Å². The molecule has 0 radical (unpaired) electrons. The molecule has 0 spiro atoms. The van der Waals surface area contributed by atoms with Crippen molar-refractivity contribution in [3.8, 4) is 11.6 Å². The molecular weight excluding hydrogens is 682 g/mol. The van der Waals surface area contributed by atoms with Crippen molar-refractivity contribution in [1.82, 2.24) is 15.2 Å². The van der Waals surface area contributed by atoms with Gasteiger partial charge in [-0.3, -0.25) is 14.4 Å². The Labute approximate surface area is 300 Å². The SMILES string of the molecule is C=C[C@@H]1C[C@@]1(CCS(=O)(=O)C1CC1)NC(=O)[C@@H]1C[C@@H](Oc2nc(Cl)cc3cc(OC)ccc23)CN1C(=O)[C@@H](CC(=O)OC(C)(C)C)C(C)(C)C. The first-order valence-corrected chi connectivity index (χ1v) is 19.3. The summed E-state index contributed by atoms with van der Waals surface area (Å²) in [6, 6.07) is 6.16. The van der Waals surface area contributed by atoms with Crippen LogP contribution in [0.1, 0.15) is 80.1 Å². The molecule has 2 aromatic rings. The van der Waals surface area contributed by atoms with Gasteiger partial charge >= 0.3 is 5.97 Å². The molecule has 3 fully saturated rings. The maximum atomic E-state index is 14.5. The lowest BCUT2D eigenvalue weighted by atomic mass is 9.77. The van der Waals surface area contributed by atoms with E-state index in [0.717, 1.165) is 5.39 Å². The lowest BCUT2D eigenvalue weighted by Gasteiger charge is -2.35. The number of likely N-dealkylation sites (tertiary alicyclic amines) is 1. The molecule has 13 heteroatoms. The number of carbonyl (C=O) groups is 3. The summed E-state index contributed by atoms with van der Waals surface area (Å²) in [6.07, 6.45) is 3.25. The number of methoxy groups -OCH3 is 1. The highest BCUT2D eigenvalue weighted by Gasteiger charge is 2.56. The Bertz CT molecular complexity index is 1760. The summed E-state index contributed by atoms with van der Waals surface area (Å²) in [7, 11) is -1.68. The van der Waals surface area contributed by atoms with Crippen molar-refractivity contribution in [2.45, 2.75) is 109 Å². The fourth-order valence-electron chi connectivity index (χ4n) is 6.82. The Balaban J connectivity index is 1.44. The number of carbonyl (C=O) groups excluding carboxylic acids is 3. The molecule has 2 heterocycles. The Morgan fingerprint density at radius 3 is 2.44 bits per heavy atom. The van der Waals surface area contributed by atoms with Crippen LogP contribution in [0, 0.1) is 17.3 Å². The average molecular weight is 732 g/mol. The minimum atomic E-state index is -3.25. The predicted octanol–water partition coefficient (Wildman–Crippen LogP) is 5.67. The molecule has 2 amide bonds. The number of rotatable bonds is 13. The third-order valence-electron chi connectivity index (χ3n) is 9.89. The fraction of sp³-hybridized carbons (Fsp3) is 0.622. The number of fused-ring (bicyclic) bond motifs is 1.